The van der Waals surface area contributed by atoms with Gasteiger partial charge in [-0.2, -0.15) is 0 Å². The second-order valence-corrected chi connectivity index (χ2v) is 8.21. The molecule has 3 amide bonds. The van der Waals surface area contributed by atoms with Crippen molar-refractivity contribution in [3.63, 3.8) is 0 Å². The number of carbonyl (C=O) groups is 3. The minimum absolute atomic E-state index is 0.0247. The molecule has 2 fully saturated rings. The lowest BCUT2D eigenvalue weighted by Crippen LogP contribution is -2.44. The van der Waals surface area contributed by atoms with E-state index in [4.69, 9.17) is 4.42 Å². The van der Waals surface area contributed by atoms with E-state index in [9.17, 15) is 24.5 Å². The van der Waals surface area contributed by atoms with Crippen molar-refractivity contribution in [1.82, 2.24) is 9.80 Å². The van der Waals surface area contributed by atoms with Crippen molar-refractivity contribution in [2.24, 2.45) is 0 Å². The summed E-state index contributed by atoms with van der Waals surface area (Å²) in [4.78, 5) is 50.5. The third-order valence-corrected chi connectivity index (χ3v) is 6.05. The summed E-state index contributed by atoms with van der Waals surface area (Å²) in [7, 11) is 0. The molecule has 2 aliphatic heterocycles. The number of carbonyl (C=O) groups excluding carboxylic acids is 3. The first-order valence-electron chi connectivity index (χ1n) is 9.80. The molecule has 1 aromatic carbocycles. The smallest absolute Gasteiger partial charge is 0.294 e. The summed E-state index contributed by atoms with van der Waals surface area (Å²) in [6.07, 6.45) is 4.41. The van der Waals surface area contributed by atoms with Crippen LogP contribution in [0.5, 0.6) is 0 Å². The number of likely N-dealkylation sites (tertiary alicyclic amines) is 1. The van der Waals surface area contributed by atoms with Gasteiger partial charge in [0.25, 0.3) is 16.8 Å². The molecule has 0 bridgehead atoms. The van der Waals surface area contributed by atoms with Gasteiger partial charge in [0, 0.05) is 36.9 Å². The Morgan fingerprint density at radius 1 is 1.10 bits per heavy atom. The maximum Gasteiger partial charge on any atom is 0.294 e. The first kappa shape index (κ1) is 20.9. The Kier molecular flexibility index (Phi) is 5.90. The van der Waals surface area contributed by atoms with Crippen LogP contribution in [-0.4, -0.2) is 51.4 Å². The van der Waals surface area contributed by atoms with Crippen LogP contribution in [0.4, 0.5) is 10.5 Å². The standard InChI is InChI=1S/C21H19N3O6S/c25-19(22-10-2-1-3-11-22)13-23-20(26)18(31-21(23)27)12-16-8-9-17(30-16)14-4-6-15(7-5-14)24(28)29/h4-9,12H,1-3,10-11,13H2/b18-12-. The summed E-state index contributed by atoms with van der Waals surface area (Å²) < 4.78 is 5.71. The highest BCUT2D eigenvalue weighted by Gasteiger charge is 2.37. The fraction of sp³-hybridized carbons (Fsp3) is 0.286. The lowest BCUT2D eigenvalue weighted by molar-refractivity contribution is -0.384. The second-order valence-electron chi connectivity index (χ2n) is 7.22. The van der Waals surface area contributed by atoms with Gasteiger partial charge in [0.1, 0.15) is 18.1 Å². The molecule has 0 radical (unpaired) electrons. The molecule has 0 N–H and O–H groups in total. The Labute approximate surface area is 181 Å². The van der Waals surface area contributed by atoms with Crippen LogP contribution in [-0.2, 0) is 9.59 Å². The maximum absolute atomic E-state index is 12.7. The fourth-order valence-electron chi connectivity index (χ4n) is 3.48. The predicted octanol–water partition coefficient (Wildman–Crippen LogP) is 3.90. The van der Waals surface area contributed by atoms with Crippen LogP contribution < -0.4 is 0 Å². The summed E-state index contributed by atoms with van der Waals surface area (Å²) in [5.74, 6) is 0.0946. The number of hydrogen-bond donors (Lipinski definition) is 0. The Bertz CT molecular complexity index is 1070. The highest BCUT2D eigenvalue weighted by Crippen LogP contribution is 2.33. The highest BCUT2D eigenvalue weighted by atomic mass is 32.2. The molecule has 2 aromatic rings. The first-order chi connectivity index (χ1) is 14.9. The Morgan fingerprint density at radius 3 is 2.48 bits per heavy atom. The van der Waals surface area contributed by atoms with Gasteiger partial charge in [-0.15, -0.1) is 0 Å². The summed E-state index contributed by atoms with van der Waals surface area (Å²) in [6, 6.07) is 9.22. The van der Waals surface area contributed by atoms with Crippen molar-refractivity contribution in [3.05, 3.63) is 57.2 Å². The molecule has 0 spiro atoms. The summed E-state index contributed by atoms with van der Waals surface area (Å²) in [6.45, 7) is 1.06. The molecular formula is C21H19N3O6S. The number of nitrogens with zero attached hydrogens (tertiary/aromatic N) is 3. The zero-order valence-electron chi connectivity index (χ0n) is 16.5. The van der Waals surface area contributed by atoms with Crippen molar-refractivity contribution in [1.29, 1.82) is 0 Å². The van der Waals surface area contributed by atoms with Gasteiger partial charge in [0.05, 0.1) is 9.83 Å². The van der Waals surface area contributed by atoms with Crippen molar-refractivity contribution in [2.45, 2.75) is 19.3 Å². The molecular weight excluding hydrogens is 422 g/mol. The minimum Gasteiger partial charge on any atom is -0.457 e. The number of amides is 3. The summed E-state index contributed by atoms with van der Waals surface area (Å²) >= 11 is 0.768. The minimum atomic E-state index is -0.520. The summed E-state index contributed by atoms with van der Waals surface area (Å²) in [5, 5.41) is 10.3. The van der Waals surface area contributed by atoms with Crippen LogP contribution in [0.2, 0.25) is 0 Å². The number of benzene rings is 1. The number of hydrogen-bond acceptors (Lipinski definition) is 7. The predicted molar refractivity (Wildman–Crippen MR) is 114 cm³/mol. The number of imide groups is 1. The van der Waals surface area contributed by atoms with Crippen LogP contribution >= 0.6 is 11.8 Å². The molecule has 1 aromatic heterocycles. The third kappa shape index (κ3) is 4.53. The Morgan fingerprint density at radius 2 is 1.81 bits per heavy atom. The van der Waals surface area contributed by atoms with Crippen molar-refractivity contribution < 1.29 is 23.7 Å². The molecule has 2 aliphatic rings. The zero-order chi connectivity index (χ0) is 22.0. The maximum atomic E-state index is 12.7. The lowest BCUT2D eigenvalue weighted by atomic mass is 10.1. The SMILES string of the molecule is O=C(CN1C(=O)S/C(=C\c2ccc(-c3ccc([N+](=O)[O-])cc3)o2)C1=O)N1CCCCC1. The molecule has 31 heavy (non-hydrogen) atoms. The number of non-ortho nitro benzene ring substituents is 1. The van der Waals surface area contributed by atoms with Gasteiger partial charge in [0.2, 0.25) is 5.91 Å². The average molecular weight is 441 g/mol. The fourth-order valence-corrected chi connectivity index (χ4v) is 4.30. The topological polar surface area (TPSA) is 114 Å². The Hall–Kier alpha value is -3.40. The van der Waals surface area contributed by atoms with E-state index >= 15 is 0 Å². The lowest BCUT2D eigenvalue weighted by Gasteiger charge is -2.27. The molecule has 3 heterocycles. The third-order valence-electron chi connectivity index (χ3n) is 5.14. The van der Waals surface area contributed by atoms with Crippen molar-refractivity contribution in [2.75, 3.05) is 19.6 Å². The number of piperidine rings is 1. The van der Waals surface area contributed by atoms with E-state index in [1.54, 1.807) is 29.2 Å². The molecule has 160 valence electrons. The molecule has 0 atom stereocenters. The van der Waals surface area contributed by atoms with Gasteiger partial charge in [0.15, 0.2) is 0 Å². The number of rotatable bonds is 5. The van der Waals surface area contributed by atoms with E-state index in [1.165, 1.54) is 18.2 Å². The average Bonchev–Trinajstić information content (AvgIpc) is 3.35. The first-order valence-corrected chi connectivity index (χ1v) is 10.6. The van der Waals surface area contributed by atoms with Crippen molar-refractivity contribution >= 4 is 40.6 Å². The summed E-state index contributed by atoms with van der Waals surface area (Å²) in [5.41, 5.74) is 0.619. The number of nitro benzene ring substituents is 1. The quantitative estimate of drug-likeness (QED) is 0.393. The Balaban J connectivity index is 1.45. The molecule has 0 aliphatic carbocycles. The second kappa shape index (κ2) is 8.76. The zero-order valence-corrected chi connectivity index (χ0v) is 17.3. The van der Waals surface area contributed by atoms with E-state index in [2.05, 4.69) is 0 Å². The van der Waals surface area contributed by atoms with E-state index in [1.807, 2.05) is 0 Å². The van der Waals surface area contributed by atoms with Gasteiger partial charge < -0.3 is 9.32 Å². The normalized spacial score (nSPS) is 18.1. The molecule has 2 saturated heterocycles. The van der Waals surface area contributed by atoms with Gasteiger partial charge in [-0.05, 0) is 55.3 Å². The largest absolute Gasteiger partial charge is 0.457 e. The number of thioether (sulfide) groups is 1. The van der Waals surface area contributed by atoms with Crippen LogP contribution in [0.3, 0.4) is 0 Å². The number of furan rings is 1. The van der Waals surface area contributed by atoms with E-state index in [0.717, 1.165) is 35.9 Å². The van der Waals surface area contributed by atoms with Crippen LogP contribution in [0, 0.1) is 10.1 Å². The number of nitro groups is 1. The van der Waals surface area contributed by atoms with Crippen molar-refractivity contribution in [3.8, 4) is 11.3 Å². The van der Waals surface area contributed by atoms with Crippen LogP contribution in [0.15, 0.2) is 45.7 Å². The van der Waals surface area contributed by atoms with Gasteiger partial charge in [-0.25, -0.2) is 0 Å². The molecule has 0 saturated carbocycles. The highest BCUT2D eigenvalue weighted by molar-refractivity contribution is 8.18. The van der Waals surface area contributed by atoms with E-state index in [0.29, 0.717) is 30.2 Å². The molecule has 0 unspecified atom stereocenters. The van der Waals surface area contributed by atoms with Gasteiger partial charge >= 0.3 is 0 Å². The van der Waals surface area contributed by atoms with Crippen LogP contribution in [0.25, 0.3) is 17.4 Å². The van der Waals surface area contributed by atoms with Gasteiger partial charge in [-0.1, -0.05) is 0 Å². The van der Waals surface area contributed by atoms with Gasteiger partial charge in [-0.3, -0.25) is 29.4 Å². The van der Waals surface area contributed by atoms with E-state index < -0.39 is 16.1 Å². The van der Waals surface area contributed by atoms with E-state index in [-0.39, 0.29) is 23.0 Å². The molecule has 10 heteroatoms. The molecule has 9 nitrogen and oxygen atoms in total. The van der Waals surface area contributed by atoms with Crippen LogP contribution in [0.1, 0.15) is 25.0 Å². The monoisotopic (exact) mass is 441 g/mol. The molecule has 4 rings (SSSR count).